The van der Waals surface area contributed by atoms with Crippen molar-refractivity contribution in [1.29, 1.82) is 0 Å². The Morgan fingerprint density at radius 2 is 1.76 bits per heavy atom. The van der Waals surface area contributed by atoms with Gasteiger partial charge in [0.1, 0.15) is 11.8 Å². The van der Waals surface area contributed by atoms with Gasteiger partial charge in [0, 0.05) is 56.8 Å². The van der Waals surface area contributed by atoms with E-state index in [0.717, 1.165) is 80.8 Å². The van der Waals surface area contributed by atoms with Crippen LogP contribution in [0.15, 0.2) is 53.5 Å². The molecule has 18 heteroatoms. The molecule has 1 aliphatic carbocycles. The van der Waals surface area contributed by atoms with Crippen molar-refractivity contribution in [2.24, 2.45) is 13.0 Å². The summed E-state index contributed by atoms with van der Waals surface area (Å²) in [4.78, 5) is 55.6. The number of aromatic nitrogens is 6. The number of carbonyl (C=O) groups excluding carboxylic acids is 3. The van der Waals surface area contributed by atoms with E-state index in [1.54, 1.807) is 23.7 Å². The van der Waals surface area contributed by atoms with Gasteiger partial charge >= 0.3 is 11.9 Å². The Morgan fingerprint density at radius 3 is 2.43 bits per heavy atom. The van der Waals surface area contributed by atoms with Crippen LogP contribution in [0.3, 0.4) is 0 Å². The van der Waals surface area contributed by atoms with E-state index in [2.05, 4.69) is 37.7 Å². The number of nitrogens with one attached hydrogen (secondary N) is 2. The van der Waals surface area contributed by atoms with Crippen LogP contribution in [-0.4, -0.2) is 91.6 Å². The number of aryl methyl sites for hydroxylation is 1. The SMILES string of the molecule is COc1cc2nn(C3CCC(CN(C)C4CCN(c5cccc6c5n(C)c(=O)n6C5CCC(=O)NC5=O)CC4)CC3)cc2cc1NC(=O)c1ccc(C(F)(F)F)nn1. The van der Waals surface area contributed by atoms with Gasteiger partial charge < -0.3 is 19.9 Å². The number of amides is 3. The van der Waals surface area contributed by atoms with E-state index in [-0.39, 0.29) is 29.8 Å². The van der Waals surface area contributed by atoms with Crippen molar-refractivity contribution in [2.75, 3.05) is 44.0 Å². The van der Waals surface area contributed by atoms with Crippen LogP contribution in [-0.2, 0) is 22.8 Å². The van der Waals surface area contributed by atoms with Crippen LogP contribution in [0.2, 0.25) is 0 Å². The van der Waals surface area contributed by atoms with Crippen molar-refractivity contribution >= 4 is 51.0 Å². The molecule has 2 N–H and O–H groups in total. The number of benzene rings is 2. The van der Waals surface area contributed by atoms with Crippen molar-refractivity contribution in [3.63, 3.8) is 0 Å². The maximum absolute atomic E-state index is 13.4. The molecule has 0 spiro atoms. The van der Waals surface area contributed by atoms with Crippen LogP contribution in [0.25, 0.3) is 21.9 Å². The minimum absolute atomic E-state index is 0.197. The first kappa shape index (κ1) is 39.1. The molecule has 0 bridgehead atoms. The first-order chi connectivity index (χ1) is 27.8. The average Bonchev–Trinajstić information content (AvgIpc) is 3.74. The molecule has 2 saturated heterocycles. The molecule has 2 aromatic carbocycles. The molecule has 2 aliphatic heterocycles. The molecule has 3 fully saturated rings. The van der Waals surface area contributed by atoms with Gasteiger partial charge in [-0.3, -0.25) is 33.5 Å². The van der Waals surface area contributed by atoms with Gasteiger partial charge in [0.2, 0.25) is 11.8 Å². The number of rotatable bonds is 9. The van der Waals surface area contributed by atoms with Crippen LogP contribution in [0, 0.1) is 5.92 Å². The van der Waals surface area contributed by atoms with Crippen LogP contribution < -0.4 is 26.0 Å². The molecular weight excluding hydrogens is 757 g/mol. The lowest BCUT2D eigenvalue weighted by Crippen LogP contribution is -2.45. The standard InChI is InChI=1S/C40H45F3N10O5/c1-49(25-15-17-51(18-16-25)30-5-4-6-31-36(30)50(2)39(57)53(31)32-12-14-35(54)45-38(32)56)21-23-7-9-26(10-8-23)52-22-24-19-29(33(58-3)20-28(24)48-52)44-37(55)27-11-13-34(47-46-27)40(41,42)43/h4-6,11,13,19-20,22-23,25-26,32H,7-10,12,14-18,21H2,1-3H3,(H,44,55)(H,45,54,56). The molecule has 15 nitrogen and oxygen atoms in total. The Bertz CT molecular complexity index is 2430. The number of imidazole rings is 1. The zero-order valence-electron chi connectivity index (χ0n) is 32.5. The Morgan fingerprint density at radius 1 is 1.00 bits per heavy atom. The quantitative estimate of drug-likeness (QED) is 0.193. The molecule has 3 aliphatic rings. The van der Waals surface area contributed by atoms with Gasteiger partial charge in [-0.25, -0.2) is 4.79 Å². The number of nitrogens with zero attached hydrogens (tertiary/aromatic N) is 8. The van der Waals surface area contributed by atoms with Crippen LogP contribution >= 0.6 is 0 Å². The van der Waals surface area contributed by atoms with Crippen molar-refractivity contribution in [2.45, 2.75) is 75.7 Å². The summed E-state index contributed by atoms with van der Waals surface area (Å²) in [5, 5.41) is 17.3. The van der Waals surface area contributed by atoms with Gasteiger partial charge in [-0.1, -0.05) is 6.07 Å². The lowest BCUT2D eigenvalue weighted by molar-refractivity contribution is -0.142. The summed E-state index contributed by atoms with van der Waals surface area (Å²) in [6.45, 7) is 2.68. The third-order valence-corrected chi connectivity index (χ3v) is 12.0. The molecule has 1 saturated carbocycles. The normalized spacial score (nSPS) is 20.9. The predicted molar refractivity (Wildman–Crippen MR) is 209 cm³/mol. The Hall–Kier alpha value is -5.78. The van der Waals surface area contributed by atoms with Gasteiger partial charge in [-0.05, 0) is 88.2 Å². The van der Waals surface area contributed by atoms with Crippen LogP contribution in [0.5, 0.6) is 5.75 Å². The third-order valence-electron chi connectivity index (χ3n) is 12.0. The zero-order chi connectivity index (χ0) is 40.9. The summed E-state index contributed by atoms with van der Waals surface area (Å²) in [6.07, 6.45) is 3.81. The van der Waals surface area contributed by atoms with Crippen molar-refractivity contribution in [3.05, 3.63) is 70.5 Å². The third kappa shape index (κ3) is 7.52. The molecule has 306 valence electrons. The van der Waals surface area contributed by atoms with Gasteiger partial charge in [0.05, 0.1) is 41.1 Å². The van der Waals surface area contributed by atoms with E-state index < -0.39 is 29.7 Å². The fourth-order valence-electron chi connectivity index (χ4n) is 8.91. The highest BCUT2D eigenvalue weighted by atomic mass is 19.4. The second-order valence-electron chi connectivity index (χ2n) is 15.6. The predicted octanol–water partition coefficient (Wildman–Crippen LogP) is 5.07. The molecule has 8 rings (SSSR count). The molecule has 58 heavy (non-hydrogen) atoms. The lowest BCUT2D eigenvalue weighted by Gasteiger charge is -2.40. The van der Waals surface area contributed by atoms with Crippen LogP contribution in [0.4, 0.5) is 24.5 Å². The Balaban J connectivity index is 0.860. The topological polar surface area (TPSA) is 162 Å². The fraction of sp³-hybridized carbons (Fsp3) is 0.475. The zero-order valence-corrected chi connectivity index (χ0v) is 32.5. The molecule has 1 atom stereocenters. The summed E-state index contributed by atoms with van der Waals surface area (Å²) < 4.78 is 49.3. The smallest absolute Gasteiger partial charge is 0.435 e. The maximum Gasteiger partial charge on any atom is 0.435 e. The molecule has 3 aromatic heterocycles. The number of hydrogen-bond acceptors (Lipinski definition) is 10. The van der Waals surface area contributed by atoms with Gasteiger partial charge in [0.25, 0.3) is 5.91 Å². The van der Waals surface area contributed by atoms with Gasteiger partial charge in [0.15, 0.2) is 11.4 Å². The number of methoxy groups -OCH3 is 1. The average molecular weight is 803 g/mol. The minimum atomic E-state index is -4.66. The summed E-state index contributed by atoms with van der Waals surface area (Å²) in [6, 6.07) is 10.9. The number of para-hydroxylation sites is 1. The molecular formula is C40H45F3N10O5. The summed E-state index contributed by atoms with van der Waals surface area (Å²) in [5.74, 6) is -0.565. The van der Waals surface area contributed by atoms with E-state index in [1.807, 2.05) is 29.1 Å². The second-order valence-corrected chi connectivity index (χ2v) is 15.6. The lowest BCUT2D eigenvalue weighted by atomic mass is 9.85. The van der Waals surface area contributed by atoms with Crippen molar-refractivity contribution < 1.29 is 32.3 Å². The van der Waals surface area contributed by atoms with E-state index in [0.29, 0.717) is 46.9 Å². The number of anilines is 2. The highest BCUT2D eigenvalue weighted by molar-refractivity contribution is 6.05. The number of hydrogen-bond donors (Lipinski definition) is 2. The van der Waals surface area contributed by atoms with Gasteiger partial charge in [-0.2, -0.15) is 18.3 Å². The molecule has 5 heterocycles. The molecule has 3 amide bonds. The number of ether oxygens (including phenoxy) is 1. The number of fused-ring (bicyclic) bond motifs is 2. The molecule has 5 aromatic rings. The summed E-state index contributed by atoms with van der Waals surface area (Å²) in [7, 11) is 5.42. The van der Waals surface area contributed by atoms with E-state index in [1.165, 1.54) is 11.7 Å². The largest absolute Gasteiger partial charge is 0.494 e. The molecule has 1 unspecified atom stereocenters. The summed E-state index contributed by atoms with van der Waals surface area (Å²) in [5.41, 5.74) is 1.79. The fourth-order valence-corrected chi connectivity index (χ4v) is 8.91. The van der Waals surface area contributed by atoms with Gasteiger partial charge in [-0.15, -0.1) is 10.2 Å². The Labute approximate surface area is 331 Å². The number of carbonyl (C=O) groups is 3. The monoisotopic (exact) mass is 802 g/mol. The number of piperidine rings is 2. The van der Waals surface area contributed by atoms with E-state index in [9.17, 15) is 32.3 Å². The highest BCUT2D eigenvalue weighted by Gasteiger charge is 2.35. The first-order valence-corrected chi connectivity index (χ1v) is 19.6. The highest BCUT2D eigenvalue weighted by Crippen LogP contribution is 2.37. The number of alkyl halides is 3. The first-order valence-electron chi connectivity index (χ1n) is 19.6. The Kier molecular flexibility index (Phi) is 10.5. The number of halogens is 3. The van der Waals surface area contributed by atoms with Crippen molar-refractivity contribution in [3.8, 4) is 5.75 Å². The molecule has 0 radical (unpaired) electrons. The van der Waals surface area contributed by atoms with E-state index in [4.69, 9.17) is 9.84 Å². The van der Waals surface area contributed by atoms with E-state index >= 15 is 0 Å². The van der Waals surface area contributed by atoms with Crippen molar-refractivity contribution in [1.82, 2.24) is 39.3 Å². The summed E-state index contributed by atoms with van der Waals surface area (Å²) >= 11 is 0. The second kappa shape index (κ2) is 15.5. The number of imide groups is 1. The minimum Gasteiger partial charge on any atom is -0.494 e. The maximum atomic E-state index is 13.4. The van der Waals surface area contributed by atoms with Crippen LogP contribution in [0.1, 0.15) is 79.6 Å².